The van der Waals surface area contributed by atoms with Crippen molar-refractivity contribution in [2.24, 2.45) is 10.9 Å². The molecule has 0 aromatic heterocycles. The van der Waals surface area contributed by atoms with E-state index in [9.17, 15) is 4.79 Å². The van der Waals surface area contributed by atoms with Gasteiger partial charge < -0.3 is 20.7 Å². The van der Waals surface area contributed by atoms with E-state index in [-0.39, 0.29) is 29.9 Å². The molecule has 1 rings (SSSR count). The highest BCUT2D eigenvalue weighted by atomic mass is 127. The largest absolute Gasteiger partial charge is 0.497 e. The molecule has 136 valence electrons. The van der Waals surface area contributed by atoms with Crippen LogP contribution in [0.5, 0.6) is 5.75 Å². The molecule has 0 bridgehead atoms. The first kappa shape index (κ1) is 22.5. The Morgan fingerprint density at radius 3 is 2.46 bits per heavy atom. The molecule has 6 nitrogen and oxygen atoms in total. The van der Waals surface area contributed by atoms with Crippen LogP contribution >= 0.6 is 24.0 Å². The van der Waals surface area contributed by atoms with Crippen LogP contribution in [0, 0.1) is 5.92 Å². The summed E-state index contributed by atoms with van der Waals surface area (Å²) in [4.78, 5) is 16.2. The number of guanidine groups is 1. The van der Waals surface area contributed by atoms with Crippen LogP contribution in [-0.2, 0) is 0 Å². The minimum Gasteiger partial charge on any atom is -0.497 e. The van der Waals surface area contributed by atoms with Gasteiger partial charge in [0.05, 0.1) is 7.11 Å². The second-order valence-corrected chi connectivity index (χ2v) is 5.66. The average molecular weight is 448 g/mol. The van der Waals surface area contributed by atoms with Crippen LogP contribution in [0.2, 0.25) is 0 Å². The third-order valence-electron chi connectivity index (χ3n) is 3.62. The van der Waals surface area contributed by atoms with Crippen molar-refractivity contribution < 1.29 is 9.53 Å². The van der Waals surface area contributed by atoms with Crippen LogP contribution in [0.1, 0.15) is 31.1 Å². The molecule has 0 aliphatic heterocycles. The molecule has 0 radical (unpaired) electrons. The van der Waals surface area contributed by atoms with Crippen LogP contribution < -0.4 is 20.7 Å². The number of aliphatic imine (C=N–C) groups is 1. The highest BCUT2D eigenvalue weighted by molar-refractivity contribution is 14.0. The summed E-state index contributed by atoms with van der Waals surface area (Å²) in [6, 6.07) is 7.41. The molecule has 3 N–H and O–H groups in total. The third-order valence-corrected chi connectivity index (χ3v) is 3.62. The zero-order valence-electron chi connectivity index (χ0n) is 15.1. The first-order valence-corrected chi connectivity index (χ1v) is 7.87. The Morgan fingerprint density at radius 2 is 1.88 bits per heavy atom. The van der Waals surface area contributed by atoms with Gasteiger partial charge in [-0.05, 0) is 31.0 Å². The molecule has 1 aromatic carbocycles. The Morgan fingerprint density at radius 1 is 1.21 bits per heavy atom. The first-order chi connectivity index (χ1) is 11.0. The molecule has 0 fully saturated rings. The lowest BCUT2D eigenvalue weighted by atomic mass is 10.1. The number of carbonyl (C=O) groups is 1. The summed E-state index contributed by atoms with van der Waals surface area (Å²) >= 11 is 0. The zero-order valence-corrected chi connectivity index (χ0v) is 17.4. The number of methoxy groups -OCH3 is 1. The van der Waals surface area contributed by atoms with Gasteiger partial charge in [-0.25, -0.2) is 0 Å². The fourth-order valence-electron chi connectivity index (χ4n) is 1.80. The second-order valence-electron chi connectivity index (χ2n) is 5.66. The standard InChI is InChI=1S/C17H28N4O2.HI/c1-12(2)13(3)21-17(18-4)20-10-9-19-16(22)14-7-6-8-15(11-14)23-5;/h6-8,11-13H,9-10H2,1-5H3,(H,19,22)(H2,18,20,21);1H. The number of hydrogen-bond acceptors (Lipinski definition) is 3. The van der Waals surface area contributed by atoms with Crippen molar-refractivity contribution >= 4 is 35.8 Å². The fourth-order valence-corrected chi connectivity index (χ4v) is 1.80. The smallest absolute Gasteiger partial charge is 0.251 e. The lowest BCUT2D eigenvalue weighted by Gasteiger charge is -2.20. The summed E-state index contributed by atoms with van der Waals surface area (Å²) in [7, 11) is 3.31. The van der Waals surface area contributed by atoms with Crippen LogP contribution in [-0.4, -0.2) is 45.2 Å². The number of hydrogen-bond donors (Lipinski definition) is 3. The van der Waals surface area contributed by atoms with Crippen molar-refractivity contribution in [1.29, 1.82) is 0 Å². The van der Waals surface area contributed by atoms with E-state index in [4.69, 9.17) is 4.74 Å². The summed E-state index contributed by atoms with van der Waals surface area (Å²) < 4.78 is 5.12. The van der Waals surface area contributed by atoms with E-state index in [2.05, 4.69) is 41.7 Å². The fraction of sp³-hybridized carbons (Fsp3) is 0.529. The van der Waals surface area contributed by atoms with Gasteiger partial charge in [-0.2, -0.15) is 0 Å². The summed E-state index contributed by atoms with van der Waals surface area (Å²) in [6.45, 7) is 7.52. The maximum atomic E-state index is 12.1. The molecule has 0 heterocycles. The lowest BCUT2D eigenvalue weighted by molar-refractivity contribution is 0.0954. The Hall–Kier alpha value is -1.51. The van der Waals surface area contributed by atoms with Gasteiger partial charge in [0.2, 0.25) is 0 Å². The van der Waals surface area contributed by atoms with Crippen molar-refractivity contribution in [2.45, 2.75) is 26.8 Å². The minimum absolute atomic E-state index is 0. The molecule has 1 unspecified atom stereocenters. The van der Waals surface area contributed by atoms with Crippen LogP contribution in [0.4, 0.5) is 0 Å². The van der Waals surface area contributed by atoms with Crippen molar-refractivity contribution in [3.8, 4) is 5.75 Å². The van der Waals surface area contributed by atoms with E-state index in [0.29, 0.717) is 36.4 Å². The monoisotopic (exact) mass is 448 g/mol. The second kappa shape index (κ2) is 11.9. The Labute approximate surface area is 161 Å². The minimum atomic E-state index is -0.121. The summed E-state index contributed by atoms with van der Waals surface area (Å²) in [6.07, 6.45) is 0. The predicted octanol–water partition coefficient (Wildman–Crippen LogP) is 2.25. The molecule has 24 heavy (non-hydrogen) atoms. The Kier molecular flexibility index (Phi) is 11.2. The van der Waals surface area contributed by atoms with Gasteiger partial charge in [0.15, 0.2) is 5.96 Å². The van der Waals surface area contributed by atoms with Gasteiger partial charge >= 0.3 is 0 Å². The molecule has 0 aliphatic rings. The highest BCUT2D eigenvalue weighted by Gasteiger charge is 2.09. The van der Waals surface area contributed by atoms with Crippen molar-refractivity contribution in [3.05, 3.63) is 29.8 Å². The molecule has 1 atom stereocenters. The van der Waals surface area contributed by atoms with E-state index in [0.717, 1.165) is 5.96 Å². The number of carbonyl (C=O) groups excluding carboxylic acids is 1. The van der Waals surface area contributed by atoms with Gasteiger partial charge in [-0.1, -0.05) is 19.9 Å². The van der Waals surface area contributed by atoms with E-state index in [1.807, 2.05) is 6.07 Å². The topological polar surface area (TPSA) is 74.8 Å². The molecule has 1 amide bonds. The van der Waals surface area contributed by atoms with Crippen LogP contribution in [0.15, 0.2) is 29.3 Å². The Bertz CT molecular complexity index is 535. The summed E-state index contributed by atoms with van der Waals surface area (Å²) in [5.41, 5.74) is 0.584. The first-order valence-electron chi connectivity index (χ1n) is 7.87. The molecule has 0 saturated heterocycles. The van der Waals surface area contributed by atoms with Crippen molar-refractivity contribution in [1.82, 2.24) is 16.0 Å². The number of ether oxygens (including phenoxy) is 1. The zero-order chi connectivity index (χ0) is 17.2. The van der Waals surface area contributed by atoms with Crippen LogP contribution in [0.25, 0.3) is 0 Å². The average Bonchev–Trinajstić information content (AvgIpc) is 2.56. The van der Waals surface area contributed by atoms with Gasteiger partial charge in [-0.3, -0.25) is 9.79 Å². The number of rotatable bonds is 7. The number of halogens is 1. The maximum Gasteiger partial charge on any atom is 0.251 e. The van der Waals surface area contributed by atoms with Gasteiger partial charge in [-0.15, -0.1) is 24.0 Å². The lowest BCUT2D eigenvalue weighted by Crippen LogP contribution is -2.46. The number of nitrogens with zero attached hydrogens (tertiary/aromatic N) is 1. The molecule has 7 heteroatoms. The quantitative estimate of drug-likeness (QED) is 0.259. The third kappa shape index (κ3) is 7.85. The molecule has 0 aliphatic carbocycles. The van der Waals surface area contributed by atoms with Crippen LogP contribution in [0.3, 0.4) is 0 Å². The highest BCUT2D eigenvalue weighted by Crippen LogP contribution is 2.12. The molecular weight excluding hydrogens is 419 g/mol. The SMILES string of the molecule is CN=C(NCCNC(=O)c1cccc(OC)c1)NC(C)C(C)C.I. The number of benzene rings is 1. The van der Waals surface area contributed by atoms with E-state index >= 15 is 0 Å². The molecular formula is C17H29IN4O2. The normalized spacial score (nSPS) is 12.2. The summed E-state index contributed by atoms with van der Waals surface area (Å²) in [5.74, 6) is 1.80. The van der Waals surface area contributed by atoms with E-state index < -0.39 is 0 Å². The summed E-state index contributed by atoms with van der Waals surface area (Å²) in [5, 5.41) is 9.36. The van der Waals surface area contributed by atoms with E-state index in [1.54, 1.807) is 32.4 Å². The number of nitrogens with one attached hydrogen (secondary N) is 3. The van der Waals surface area contributed by atoms with E-state index in [1.165, 1.54) is 0 Å². The van der Waals surface area contributed by atoms with Crippen molar-refractivity contribution in [2.75, 3.05) is 27.2 Å². The van der Waals surface area contributed by atoms with Gasteiger partial charge in [0.25, 0.3) is 5.91 Å². The predicted molar refractivity (Wildman–Crippen MR) is 110 cm³/mol. The van der Waals surface area contributed by atoms with Crippen molar-refractivity contribution in [3.63, 3.8) is 0 Å². The number of amides is 1. The van der Waals surface area contributed by atoms with Gasteiger partial charge in [0.1, 0.15) is 5.75 Å². The maximum absolute atomic E-state index is 12.1. The Balaban J connectivity index is 0.00000529. The molecule has 1 aromatic rings. The molecule has 0 saturated carbocycles. The molecule has 0 spiro atoms. The van der Waals surface area contributed by atoms with Gasteiger partial charge in [0, 0.05) is 31.7 Å².